The average molecular weight is 382 g/mol. The number of ether oxygens (including phenoxy) is 2. The number of rotatable bonds is 7. The molecule has 1 heterocycles. The molecular weight excluding hydrogens is 360 g/mol. The van der Waals surface area contributed by atoms with Crippen LogP contribution in [0.15, 0.2) is 53.3 Å². The maximum Gasteiger partial charge on any atom is 0.337 e. The number of carbonyl (C=O) groups excluding carboxylic acids is 2. The molecule has 0 radical (unpaired) electrons. The van der Waals surface area contributed by atoms with Gasteiger partial charge in [0.2, 0.25) is 0 Å². The number of fused-ring (bicyclic) bond motifs is 1. The molecule has 0 bridgehead atoms. The summed E-state index contributed by atoms with van der Waals surface area (Å²) in [7, 11) is 1.30. The molecule has 1 aromatic heterocycles. The fraction of sp³-hybridized carbons (Fsp3) is 0.286. The zero-order valence-corrected chi connectivity index (χ0v) is 15.9. The fourth-order valence-corrected chi connectivity index (χ4v) is 3.09. The summed E-state index contributed by atoms with van der Waals surface area (Å²) in [6, 6.07) is 13.7. The van der Waals surface area contributed by atoms with Gasteiger partial charge < -0.3 is 9.47 Å². The molecule has 0 amide bonds. The summed E-state index contributed by atoms with van der Waals surface area (Å²) in [5, 5.41) is 0. The molecule has 0 aliphatic rings. The van der Waals surface area contributed by atoms with Gasteiger partial charge in [0.15, 0.2) is 0 Å². The van der Waals surface area contributed by atoms with Crippen molar-refractivity contribution >= 4 is 23.0 Å². The molecule has 7 nitrogen and oxygen atoms in total. The van der Waals surface area contributed by atoms with Crippen molar-refractivity contribution in [2.24, 2.45) is 0 Å². The van der Waals surface area contributed by atoms with Crippen molar-refractivity contribution in [1.29, 1.82) is 0 Å². The third-order valence-corrected chi connectivity index (χ3v) is 4.42. The first-order chi connectivity index (χ1) is 13.5. The minimum absolute atomic E-state index is 0.0544. The summed E-state index contributed by atoms with van der Waals surface area (Å²) in [5.41, 5.74) is 1.91. The van der Waals surface area contributed by atoms with E-state index in [1.54, 1.807) is 9.13 Å². The van der Waals surface area contributed by atoms with Crippen molar-refractivity contribution in [1.82, 2.24) is 9.13 Å². The first kappa shape index (κ1) is 19.4. The van der Waals surface area contributed by atoms with E-state index in [2.05, 4.69) is 4.74 Å². The normalized spacial score (nSPS) is 10.8. The molecule has 0 saturated heterocycles. The van der Waals surface area contributed by atoms with Gasteiger partial charge in [0, 0.05) is 13.1 Å². The molecule has 0 saturated carbocycles. The standard InChI is InChI=1S/C21H22N2O5/c1-3-13-22-17-6-4-5-7-18(17)23(21(22)26)14-12-19(24)28-16-10-8-15(9-11-16)20(25)27-2/h4-11H,3,12-14H2,1-2H3. The van der Waals surface area contributed by atoms with Crippen LogP contribution in [0.3, 0.4) is 0 Å². The van der Waals surface area contributed by atoms with Crippen LogP contribution in [0.1, 0.15) is 30.1 Å². The lowest BCUT2D eigenvalue weighted by Gasteiger charge is -2.06. The Balaban J connectivity index is 1.70. The van der Waals surface area contributed by atoms with Crippen molar-refractivity contribution in [2.45, 2.75) is 32.9 Å². The molecule has 7 heteroatoms. The number of methoxy groups -OCH3 is 1. The Morgan fingerprint density at radius 1 is 0.929 bits per heavy atom. The number of para-hydroxylation sites is 2. The quantitative estimate of drug-likeness (QED) is 0.464. The van der Waals surface area contributed by atoms with Crippen LogP contribution in [0.25, 0.3) is 11.0 Å². The topological polar surface area (TPSA) is 79.5 Å². The van der Waals surface area contributed by atoms with Gasteiger partial charge in [-0.15, -0.1) is 0 Å². The molecule has 0 aliphatic heterocycles. The molecular formula is C21H22N2O5. The number of benzene rings is 2. The van der Waals surface area contributed by atoms with Gasteiger partial charge in [-0.25, -0.2) is 9.59 Å². The van der Waals surface area contributed by atoms with Gasteiger partial charge in [0.1, 0.15) is 5.75 Å². The number of nitrogens with zero attached hydrogens (tertiary/aromatic N) is 2. The van der Waals surface area contributed by atoms with E-state index in [-0.39, 0.29) is 18.7 Å². The van der Waals surface area contributed by atoms with Gasteiger partial charge in [-0.05, 0) is 42.8 Å². The molecule has 3 rings (SSSR count). The fourth-order valence-electron chi connectivity index (χ4n) is 3.09. The number of hydrogen-bond acceptors (Lipinski definition) is 5. The molecule has 0 unspecified atom stereocenters. The van der Waals surface area contributed by atoms with Crippen molar-refractivity contribution in [3.63, 3.8) is 0 Å². The Morgan fingerprint density at radius 2 is 1.54 bits per heavy atom. The highest BCUT2D eigenvalue weighted by atomic mass is 16.5. The Bertz CT molecular complexity index is 1050. The van der Waals surface area contributed by atoms with Crippen LogP contribution < -0.4 is 10.4 Å². The van der Waals surface area contributed by atoms with Gasteiger partial charge in [0.05, 0.1) is 30.1 Å². The monoisotopic (exact) mass is 382 g/mol. The van der Waals surface area contributed by atoms with Crippen LogP contribution in [-0.2, 0) is 22.6 Å². The third kappa shape index (κ3) is 3.98. The summed E-state index contributed by atoms with van der Waals surface area (Å²) in [6.45, 7) is 2.87. The lowest BCUT2D eigenvalue weighted by molar-refractivity contribution is -0.134. The molecule has 0 aliphatic carbocycles. The highest BCUT2D eigenvalue weighted by Crippen LogP contribution is 2.16. The SMILES string of the molecule is CCCn1c(=O)n(CCC(=O)Oc2ccc(C(=O)OC)cc2)c2ccccc21. The zero-order valence-electron chi connectivity index (χ0n) is 15.9. The van der Waals surface area contributed by atoms with Crippen LogP contribution in [0.4, 0.5) is 0 Å². The molecule has 0 atom stereocenters. The highest BCUT2D eigenvalue weighted by molar-refractivity contribution is 5.89. The minimum atomic E-state index is -0.458. The number of imidazole rings is 1. The molecule has 3 aromatic rings. The average Bonchev–Trinajstić information content (AvgIpc) is 2.98. The van der Waals surface area contributed by atoms with Gasteiger partial charge >= 0.3 is 17.6 Å². The Hall–Kier alpha value is -3.35. The van der Waals surface area contributed by atoms with E-state index in [1.165, 1.54) is 31.4 Å². The van der Waals surface area contributed by atoms with E-state index in [0.717, 1.165) is 17.5 Å². The summed E-state index contributed by atoms with van der Waals surface area (Å²) in [4.78, 5) is 36.3. The van der Waals surface area contributed by atoms with Crippen molar-refractivity contribution in [2.75, 3.05) is 7.11 Å². The molecule has 2 aromatic carbocycles. The predicted octanol–water partition coefficient (Wildman–Crippen LogP) is 3.00. The second-order valence-electron chi connectivity index (χ2n) is 6.31. The number of hydrogen-bond donors (Lipinski definition) is 0. The summed E-state index contributed by atoms with van der Waals surface area (Å²) < 4.78 is 13.3. The second-order valence-corrected chi connectivity index (χ2v) is 6.31. The van der Waals surface area contributed by atoms with Crippen LogP contribution in [0.5, 0.6) is 5.75 Å². The van der Waals surface area contributed by atoms with Crippen molar-refractivity contribution in [3.05, 3.63) is 64.6 Å². The van der Waals surface area contributed by atoms with E-state index in [9.17, 15) is 14.4 Å². The van der Waals surface area contributed by atoms with Gasteiger partial charge in [-0.1, -0.05) is 19.1 Å². The minimum Gasteiger partial charge on any atom is -0.465 e. The Morgan fingerprint density at radius 3 is 2.11 bits per heavy atom. The predicted molar refractivity (Wildman–Crippen MR) is 105 cm³/mol. The lowest BCUT2D eigenvalue weighted by atomic mass is 10.2. The molecule has 28 heavy (non-hydrogen) atoms. The molecule has 146 valence electrons. The second kappa shape index (κ2) is 8.56. The van der Waals surface area contributed by atoms with E-state index in [4.69, 9.17) is 4.74 Å². The molecule has 0 fully saturated rings. The number of esters is 2. The maximum atomic E-state index is 12.7. The number of aromatic nitrogens is 2. The summed E-state index contributed by atoms with van der Waals surface area (Å²) in [6.07, 6.45) is 0.899. The Kier molecular flexibility index (Phi) is 5.93. The van der Waals surface area contributed by atoms with E-state index < -0.39 is 11.9 Å². The zero-order chi connectivity index (χ0) is 20.1. The Labute approximate surface area is 162 Å². The maximum absolute atomic E-state index is 12.7. The largest absolute Gasteiger partial charge is 0.465 e. The van der Waals surface area contributed by atoms with Gasteiger partial charge in [-0.3, -0.25) is 13.9 Å². The van der Waals surface area contributed by atoms with E-state index in [1.807, 2.05) is 31.2 Å². The van der Waals surface area contributed by atoms with Crippen LogP contribution in [-0.4, -0.2) is 28.2 Å². The molecule has 0 spiro atoms. The third-order valence-electron chi connectivity index (χ3n) is 4.42. The van der Waals surface area contributed by atoms with E-state index in [0.29, 0.717) is 17.9 Å². The number of aryl methyl sites for hydroxylation is 2. The molecule has 0 N–H and O–H groups in total. The van der Waals surface area contributed by atoms with Gasteiger partial charge in [-0.2, -0.15) is 0 Å². The first-order valence-electron chi connectivity index (χ1n) is 9.12. The van der Waals surface area contributed by atoms with Crippen molar-refractivity contribution in [3.8, 4) is 5.75 Å². The summed E-state index contributed by atoms with van der Waals surface area (Å²) >= 11 is 0. The van der Waals surface area contributed by atoms with Crippen LogP contribution in [0, 0.1) is 0 Å². The van der Waals surface area contributed by atoms with E-state index >= 15 is 0 Å². The lowest BCUT2D eigenvalue weighted by Crippen LogP contribution is -2.25. The smallest absolute Gasteiger partial charge is 0.337 e. The summed E-state index contributed by atoms with van der Waals surface area (Å²) in [5.74, 6) is -0.579. The first-order valence-corrected chi connectivity index (χ1v) is 9.12. The highest BCUT2D eigenvalue weighted by Gasteiger charge is 2.14. The number of carbonyl (C=O) groups is 2. The van der Waals surface area contributed by atoms with Crippen LogP contribution >= 0.6 is 0 Å². The van der Waals surface area contributed by atoms with Crippen molar-refractivity contribution < 1.29 is 19.1 Å². The van der Waals surface area contributed by atoms with Crippen LogP contribution in [0.2, 0.25) is 0 Å². The van der Waals surface area contributed by atoms with Gasteiger partial charge in [0.25, 0.3) is 0 Å².